The van der Waals surface area contributed by atoms with Crippen LogP contribution in [-0.4, -0.2) is 26.6 Å². The number of carbonyl (C=O) groups is 2. The maximum Gasteiger partial charge on any atom is 0.433 e. The van der Waals surface area contributed by atoms with Gasteiger partial charge in [0.2, 0.25) is 5.91 Å². The van der Waals surface area contributed by atoms with Gasteiger partial charge in [0.05, 0.1) is 22.1 Å². The summed E-state index contributed by atoms with van der Waals surface area (Å²) in [5.74, 6) is -1.37. The number of nitrogens with zero attached hydrogens (tertiary/aromatic N) is 3. The van der Waals surface area contributed by atoms with Crippen LogP contribution >= 0.6 is 27.3 Å². The number of furan rings is 1. The molecule has 172 valence electrons. The van der Waals surface area contributed by atoms with Crippen molar-refractivity contribution in [3.05, 3.63) is 51.4 Å². The van der Waals surface area contributed by atoms with E-state index in [9.17, 15) is 22.8 Å². The van der Waals surface area contributed by atoms with Crippen molar-refractivity contribution in [3.8, 4) is 11.3 Å². The molecule has 0 spiro atoms. The number of aromatic nitrogens is 3. The minimum absolute atomic E-state index is 0.0155. The number of alkyl halides is 3. The van der Waals surface area contributed by atoms with E-state index in [0.717, 1.165) is 6.07 Å². The van der Waals surface area contributed by atoms with E-state index in [0.29, 0.717) is 21.5 Å². The fourth-order valence-corrected chi connectivity index (χ4v) is 4.46. The maximum atomic E-state index is 13.5. The largest absolute Gasteiger partial charge is 0.464 e. The van der Waals surface area contributed by atoms with Gasteiger partial charge in [0, 0.05) is 17.1 Å². The van der Waals surface area contributed by atoms with Gasteiger partial charge in [-0.3, -0.25) is 14.3 Å². The van der Waals surface area contributed by atoms with Crippen LogP contribution in [0, 0.1) is 6.92 Å². The number of fused-ring (bicyclic) bond motifs is 1. The van der Waals surface area contributed by atoms with Crippen LogP contribution in [0.2, 0.25) is 0 Å². The van der Waals surface area contributed by atoms with E-state index in [1.54, 1.807) is 20.0 Å². The molecule has 4 aromatic heterocycles. The van der Waals surface area contributed by atoms with Crippen LogP contribution < -0.4 is 11.1 Å². The van der Waals surface area contributed by atoms with Gasteiger partial charge in [-0.15, -0.1) is 11.3 Å². The summed E-state index contributed by atoms with van der Waals surface area (Å²) in [6.45, 7) is 3.34. The minimum Gasteiger partial charge on any atom is -0.464 e. The third kappa shape index (κ3) is 4.25. The van der Waals surface area contributed by atoms with Gasteiger partial charge in [0.1, 0.15) is 27.2 Å². The number of hydrogen-bond acceptors (Lipinski definition) is 6. The molecule has 3 N–H and O–H groups in total. The predicted molar refractivity (Wildman–Crippen MR) is 119 cm³/mol. The van der Waals surface area contributed by atoms with Crippen molar-refractivity contribution in [1.82, 2.24) is 14.8 Å². The fourth-order valence-electron chi connectivity index (χ4n) is 3.17. The SMILES string of the molecule is Cc1nn(C(C)C(=O)Nc2c(C(N)=O)sc3nc(C(F)(F)F)cc(-c4ccco4)c23)cc1Br. The second-order valence-corrected chi connectivity index (χ2v) is 8.94. The van der Waals surface area contributed by atoms with Crippen molar-refractivity contribution in [2.24, 2.45) is 5.73 Å². The molecule has 0 aliphatic rings. The number of aryl methyl sites for hydroxylation is 1. The number of carbonyl (C=O) groups excluding carboxylic acids is 2. The molecule has 0 radical (unpaired) electrons. The molecule has 0 bridgehead atoms. The predicted octanol–water partition coefficient (Wildman–Crippen LogP) is 5.14. The lowest BCUT2D eigenvalue weighted by Gasteiger charge is -2.14. The molecule has 2 amide bonds. The molecule has 4 heterocycles. The highest BCUT2D eigenvalue weighted by Crippen LogP contribution is 2.43. The monoisotopic (exact) mass is 541 g/mol. The van der Waals surface area contributed by atoms with Crippen molar-refractivity contribution >= 4 is 55.0 Å². The number of pyridine rings is 1. The zero-order valence-electron chi connectivity index (χ0n) is 17.0. The molecule has 1 unspecified atom stereocenters. The molecule has 13 heteroatoms. The highest BCUT2D eigenvalue weighted by molar-refractivity contribution is 9.10. The lowest BCUT2D eigenvalue weighted by atomic mass is 10.1. The van der Waals surface area contributed by atoms with Gasteiger partial charge in [-0.1, -0.05) is 0 Å². The van der Waals surface area contributed by atoms with Gasteiger partial charge >= 0.3 is 6.18 Å². The quantitative estimate of drug-likeness (QED) is 0.362. The molecule has 0 aromatic carbocycles. The number of anilines is 1. The Morgan fingerprint density at radius 1 is 1.36 bits per heavy atom. The number of nitrogens with one attached hydrogen (secondary N) is 1. The van der Waals surface area contributed by atoms with Crippen molar-refractivity contribution in [1.29, 1.82) is 0 Å². The number of amides is 2. The second-order valence-electron chi connectivity index (χ2n) is 7.09. The molecular weight excluding hydrogens is 527 g/mol. The molecule has 0 saturated carbocycles. The Hall–Kier alpha value is -3.19. The van der Waals surface area contributed by atoms with Crippen LogP contribution in [0.5, 0.6) is 0 Å². The van der Waals surface area contributed by atoms with Crippen LogP contribution in [0.4, 0.5) is 18.9 Å². The van der Waals surface area contributed by atoms with E-state index in [1.165, 1.54) is 23.1 Å². The smallest absolute Gasteiger partial charge is 0.433 e. The van der Waals surface area contributed by atoms with E-state index in [-0.39, 0.29) is 32.1 Å². The van der Waals surface area contributed by atoms with E-state index < -0.39 is 29.7 Å². The number of thiophene rings is 1. The zero-order valence-corrected chi connectivity index (χ0v) is 19.4. The summed E-state index contributed by atoms with van der Waals surface area (Å²) in [4.78, 5) is 28.6. The van der Waals surface area contributed by atoms with Crippen LogP contribution in [0.15, 0.2) is 39.5 Å². The number of nitrogens with two attached hydrogens (primary N) is 1. The van der Waals surface area contributed by atoms with Gasteiger partial charge in [0.15, 0.2) is 0 Å². The number of primary amides is 1. The summed E-state index contributed by atoms with van der Waals surface area (Å²) < 4.78 is 47.9. The van der Waals surface area contributed by atoms with Gasteiger partial charge in [0.25, 0.3) is 5.91 Å². The minimum atomic E-state index is -4.74. The van der Waals surface area contributed by atoms with Gasteiger partial charge < -0.3 is 15.5 Å². The van der Waals surface area contributed by atoms with E-state index in [2.05, 4.69) is 31.3 Å². The molecule has 1 atom stereocenters. The Morgan fingerprint density at radius 3 is 2.64 bits per heavy atom. The number of rotatable bonds is 5. The second kappa shape index (κ2) is 8.30. The Kier molecular flexibility index (Phi) is 5.78. The molecule has 0 fully saturated rings. The van der Waals surface area contributed by atoms with Crippen LogP contribution in [-0.2, 0) is 11.0 Å². The molecule has 0 aliphatic carbocycles. The summed E-state index contributed by atoms with van der Waals surface area (Å²) in [6, 6.07) is 2.98. The molecule has 4 aromatic rings. The summed E-state index contributed by atoms with van der Waals surface area (Å²) in [5, 5.41) is 7.00. The molecule has 0 aliphatic heterocycles. The number of hydrogen-bond donors (Lipinski definition) is 2. The summed E-state index contributed by atoms with van der Waals surface area (Å²) in [6.07, 6.45) is -1.82. The average Bonchev–Trinajstić information content (AvgIpc) is 3.46. The fraction of sp³-hybridized carbons (Fsp3) is 0.200. The van der Waals surface area contributed by atoms with Crippen molar-refractivity contribution < 1.29 is 27.2 Å². The Morgan fingerprint density at radius 2 is 2.09 bits per heavy atom. The van der Waals surface area contributed by atoms with E-state index in [4.69, 9.17) is 10.2 Å². The summed E-state index contributed by atoms with van der Waals surface area (Å²) >= 11 is 3.98. The average molecular weight is 542 g/mol. The topological polar surface area (TPSA) is 116 Å². The Bertz CT molecular complexity index is 1360. The zero-order chi connectivity index (χ0) is 24.1. The molecular formula is C20H15BrF3N5O3S. The van der Waals surface area contributed by atoms with Crippen molar-refractivity contribution in [2.75, 3.05) is 5.32 Å². The normalized spacial score (nSPS) is 12.8. The van der Waals surface area contributed by atoms with Gasteiger partial charge in [-0.05, 0) is 48.0 Å². The van der Waals surface area contributed by atoms with Crippen molar-refractivity contribution in [2.45, 2.75) is 26.1 Å². The molecule has 8 nitrogen and oxygen atoms in total. The third-order valence-electron chi connectivity index (χ3n) is 4.84. The van der Waals surface area contributed by atoms with E-state index in [1.807, 2.05) is 0 Å². The van der Waals surface area contributed by atoms with Gasteiger partial charge in [-0.25, -0.2) is 4.98 Å². The van der Waals surface area contributed by atoms with Crippen LogP contribution in [0.25, 0.3) is 21.5 Å². The van der Waals surface area contributed by atoms with Crippen LogP contribution in [0.1, 0.15) is 34.0 Å². The first-order valence-electron chi connectivity index (χ1n) is 9.38. The molecule has 4 rings (SSSR count). The maximum absolute atomic E-state index is 13.5. The molecule has 0 saturated heterocycles. The van der Waals surface area contributed by atoms with E-state index >= 15 is 0 Å². The van der Waals surface area contributed by atoms with Crippen LogP contribution in [0.3, 0.4) is 0 Å². The summed E-state index contributed by atoms with van der Waals surface area (Å²) in [7, 11) is 0. The summed E-state index contributed by atoms with van der Waals surface area (Å²) in [5.41, 5.74) is 4.96. The standard InChI is InChI=1S/C20H15BrF3N5O3S/c1-8-11(21)7-29(28-8)9(2)18(31)27-15-14-10(12-4-3-5-32-12)6-13(20(22,23)24)26-19(14)33-16(15)17(25)30/h3-7,9H,1-2H3,(H2,25,30)(H,27,31). The third-order valence-corrected chi connectivity index (χ3v) is 6.72. The highest BCUT2D eigenvalue weighted by Gasteiger charge is 2.35. The first kappa shape index (κ1) is 23.0. The Balaban J connectivity index is 1.89. The first-order chi connectivity index (χ1) is 15.5. The van der Waals surface area contributed by atoms with Crippen molar-refractivity contribution in [3.63, 3.8) is 0 Å². The highest BCUT2D eigenvalue weighted by atomic mass is 79.9. The lowest BCUT2D eigenvalue weighted by molar-refractivity contribution is -0.140. The lowest BCUT2D eigenvalue weighted by Crippen LogP contribution is -2.25. The molecule has 33 heavy (non-hydrogen) atoms. The first-order valence-corrected chi connectivity index (χ1v) is 11.0. The Labute approximate surface area is 196 Å². The number of halogens is 4. The van der Waals surface area contributed by atoms with Gasteiger partial charge in [-0.2, -0.15) is 18.3 Å².